The Kier molecular flexibility index (Phi) is 8.65. The van der Waals surface area contributed by atoms with Crippen molar-refractivity contribution in [1.29, 1.82) is 0 Å². The zero-order valence-electron chi connectivity index (χ0n) is 24.5. The van der Waals surface area contributed by atoms with Gasteiger partial charge >= 0.3 is 0 Å². The molecule has 2 aromatic heterocycles. The fraction of sp³-hybridized carbons (Fsp3) is 0.333. The lowest BCUT2D eigenvalue weighted by Gasteiger charge is -2.36. The number of benzene rings is 3. The average Bonchev–Trinajstić information content (AvgIpc) is 3.48. The molecular weight excluding hydrogens is 542 g/mol. The van der Waals surface area contributed by atoms with Crippen LogP contribution in [-0.4, -0.2) is 76.4 Å². The lowest BCUT2D eigenvalue weighted by Crippen LogP contribution is -2.48. The Bertz CT molecular complexity index is 1740. The van der Waals surface area contributed by atoms with Gasteiger partial charge in [0, 0.05) is 64.3 Å². The number of amides is 1. The van der Waals surface area contributed by atoms with E-state index in [0.717, 1.165) is 49.6 Å². The summed E-state index contributed by atoms with van der Waals surface area (Å²) in [4.78, 5) is 31.0. The number of piperazine rings is 1. The van der Waals surface area contributed by atoms with Gasteiger partial charge in [-0.2, -0.15) is 0 Å². The summed E-state index contributed by atoms with van der Waals surface area (Å²) in [5.41, 5.74) is 3.03. The van der Waals surface area contributed by atoms with Crippen molar-refractivity contribution in [2.75, 3.05) is 51.3 Å². The highest BCUT2D eigenvalue weighted by Gasteiger charge is 2.19. The maximum atomic E-state index is 13.4. The molecule has 43 heavy (non-hydrogen) atoms. The maximum absolute atomic E-state index is 13.4. The number of methoxy groups -OCH3 is 1. The molecule has 1 saturated heterocycles. The molecule has 0 radical (unpaired) electrons. The van der Waals surface area contributed by atoms with Crippen molar-refractivity contribution >= 4 is 28.3 Å². The quantitative estimate of drug-likeness (QED) is 0.257. The van der Waals surface area contributed by atoms with Gasteiger partial charge in [-0.25, -0.2) is 0 Å². The number of ether oxygens (including phenoxy) is 1. The smallest absolute Gasteiger partial charge is 0.262 e. The Morgan fingerprint density at radius 3 is 2.37 bits per heavy atom. The van der Waals surface area contributed by atoms with Gasteiger partial charge in [0.2, 0.25) is 11.7 Å². The molecule has 3 aromatic carbocycles. The van der Waals surface area contributed by atoms with Gasteiger partial charge < -0.3 is 15.0 Å². The summed E-state index contributed by atoms with van der Waals surface area (Å²) in [6, 6.07) is 25.8. The molecule has 1 fully saturated rings. The summed E-state index contributed by atoms with van der Waals surface area (Å²) in [6.45, 7) is 5.71. The highest BCUT2D eigenvalue weighted by atomic mass is 16.5. The largest absolute Gasteiger partial charge is 0.497 e. The van der Waals surface area contributed by atoms with Crippen LogP contribution in [0.2, 0.25) is 0 Å². The van der Waals surface area contributed by atoms with E-state index in [4.69, 9.17) is 4.74 Å². The highest BCUT2D eigenvalue weighted by Crippen LogP contribution is 2.20. The van der Waals surface area contributed by atoms with Crippen molar-refractivity contribution in [2.45, 2.75) is 25.8 Å². The number of hydrogen-bond acceptors (Lipinski definition) is 7. The van der Waals surface area contributed by atoms with Gasteiger partial charge in [0.05, 0.1) is 18.0 Å². The van der Waals surface area contributed by atoms with Crippen LogP contribution in [0.1, 0.15) is 17.8 Å². The number of nitrogens with one attached hydrogen (secondary N) is 1. The Morgan fingerprint density at radius 1 is 0.860 bits per heavy atom. The minimum absolute atomic E-state index is 0.0182. The number of anilines is 1. The summed E-state index contributed by atoms with van der Waals surface area (Å²) in [5.74, 6) is 2.02. The highest BCUT2D eigenvalue weighted by molar-refractivity contribution is 5.80. The first-order valence-corrected chi connectivity index (χ1v) is 14.9. The first-order valence-electron chi connectivity index (χ1n) is 14.9. The lowest BCUT2D eigenvalue weighted by atomic mass is 10.1. The van der Waals surface area contributed by atoms with E-state index in [2.05, 4.69) is 49.6 Å². The van der Waals surface area contributed by atoms with Crippen molar-refractivity contribution < 1.29 is 9.53 Å². The molecule has 1 aliphatic heterocycles. The van der Waals surface area contributed by atoms with Gasteiger partial charge in [0.15, 0.2) is 0 Å². The minimum Gasteiger partial charge on any atom is -0.497 e. The Hall–Kier alpha value is -4.70. The van der Waals surface area contributed by atoms with E-state index in [1.54, 1.807) is 11.7 Å². The van der Waals surface area contributed by atoms with Crippen molar-refractivity contribution in [3.05, 3.63) is 101 Å². The summed E-state index contributed by atoms with van der Waals surface area (Å²) in [6.07, 6.45) is 1.42. The zero-order chi connectivity index (χ0) is 29.6. The van der Waals surface area contributed by atoms with Gasteiger partial charge in [-0.1, -0.05) is 42.5 Å². The summed E-state index contributed by atoms with van der Waals surface area (Å²) < 4.78 is 8.88. The third kappa shape index (κ3) is 6.39. The fourth-order valence-corrected chi connectivity index (χ4v) is 5.75. The molecule has 10 nitrogen and oxygen atoms in total. The number of carbonyl (C=O) groups is 1. The molecule has 0 aliphatic carbocycles. The molecule has 3 heterocycles. The zero-order valence-corrected chi connectivity index (χ0v) is 24.5. The maximum Gasteiger partial charge on any atom is 0.262 e. The van der Waals surface area contributed by atoms with Crippen LogP contribution in [0.3, 0.4) is 0 Å². The van der Waals surface area contributed by atoms with Crippen molar-refractivity contribution in [3.8, 4) is 5.75 Å². The normalized spacial score (nSPS) is 13.9. The number of fused-ring (bicyclic) bond motifs is 3. The van der Waals surface area contributed by atoms with E-state index in [9.17, 15) is 9.59 Å². The Morgan fingerprint density at radius 2 is 1.60 bits per heavy atom. The molecule has 0 saturated carbocycles. The third-order valence-electron chi connectivity index (χ3n) is 8.18. The van der Waals surface area contributed by atoms with E-state index < -0.39 is 0 Å². The number of aromatic nitrogens is 4. The van der Waals surface area contributed by atoms with Crippen LogP contribution in [-0.2, 0) is 24.2 Å². The molecule has 1 aliphatic rings. The van der Waals surface area contributed by atoms with E-state index in [-0.39, 0.29) is 11.5 Å². The number of hydrogen-bond donors (Lipinski definition) is 1. The molecular formula is C33H37N7O3. The molecule has 5 aromatic rings. The van der Waals surface area contributed by atoms with E-state index in [0.29, 0.717) is 49.3 Å². The molecule has 6 rings (SSSR count). The molecule has 0 bridgehead atoms. The van der Waals surface area contributed by atoms with Crippen LogP contribution in [0.25, 0.3) is 16.7 Å². The third-order valence-corrected chi connectivity index (χ3v) is 8.18. The number of nitrogens with zero attached hydrogens (tertiary/aromatic N) is 6. The molecule has 222 valence electrons. The van der Waals surface area contributed by atoms with Gasteiger partial charge in [-0.15, -0.1) is 10.2 Å². The topological polar surface area (TPSA) is 97.0 Å². The predicted octanol–water partition coefficient (Wildman–Crippen LogP) is 3.17. The summed E-state index contributed by atoms with van der Waals surface area (Å²) >= 11 is 0. The van der Waals surface area contributed by atoms with Gasteiger partial charge in [0.25, 0.3) is 5.56 Å². The number of para-hydroxylation sites is 1. The summed E-state index contributed by atoms with van der Waals surface area (Å²) in [5, 5.41) is 12.5. The predicted molar refractivity (Wildman–Crippen MR) is 168 cm³/mol. The van der Waals surface area contributed by atoms with E-state index in [1.165, 1.54) is 5.69 Å². The van der Waals surface area contributed by atoms with Crippen LogP contribution in [0, 0.1) is 0 Å². The molecule has 1 N–H and O–H groups in total. The van der Waals surface area contributed by atoms with Crippen LogP contribution < -0.4 is 20.5 Å². The number of aryl methyl sites for hydroxylation is 3. The first kappa shape index (κ1) is 28.4. The summed E-state index contributed by atoms with van der Waals surface area (Å²) in [7, 11) is 1.68. The van der Waals surface area contributed by atoms with Gasteiger partial charge in [-0.05, 0) is 48.4 Å². The molecule has 0 unspecified atom stereocenters. The second kappa shape index (κ2) is 13.1. The molecule has 0 spiro atoms. The number of carbonyl (C=O) groups excluding carboxylic acids is 1. The standard InChI is InChI=1S/C33H37N7O3/c1-43-27-13-11-26(12-14-27)38-23-21-37(22-24-38)20-18-34-31(41)16-15-30-35-36-33-39(19-17-25-7-3-2-4-8-25)32(42)28-9-5-6-10-29(28)40(30)33/h2-14H,15-24H2,1H3,(H,34,41). The van der Waals surface area contributed by atoms with Gasteiger partial charge in [0.1, 0.15) is 11.6 Å². The van der Waals surface area contributed by atoms with Crippen LogP contribution in [0.15, 0.2) is 83.7 Å². The second-order valence-corrected chi connectivity index (χ2v) is 10.8. The SMILES string of the molecule is COc1ccc(N2CCN(CCNC(=O)CCc3nnc4n(CCc5ccccc5)c(=O)c5ccccc5n34)CC2)cc1. The monoisotopic (exact) mass is 579 g/mol. The Labute approximate surface area is 250 Å². The van der Waals surface area contributed by atoms with Crippen molar-refractivity contribution in [2.24, 2.45) is 0 Å². The lowest BCUT2D eigenvalue weighted by molar-refractivity contribution is -0.121. The second-order valence-electron chi connectivity index (χ2n) is 10.8. The minimum atomic E-state index is -0.0828. The Balaban J connectivity index is 1.04. The van der Waals surface area contributed by atoms with Crippen LogP contribution >= 0.6 is 0 Å². The van der Waals surface area contributed by atoms with Crippen LogP contribution in [0.5, 0.6) is 5.75 Å². The van der Waals surface area contributed by atoms with E-state index >= 15 is 0 Å². The van der Waals surface area contributed by atoms with Crippen molar-refractivity contribution in [1.82, 2.24) is 29.4 Å². The van der Waals surface area contributed by atoms with E-state index in [1.807, 2.05) is 59.0 Å². The average molecular weight is 580 g/mol. The molecule has 1 amide bonds. The first-order chi connectivity index (χ1) is 21.1. The number of rotatable bonds is 11. The molecule has 10 heteroatoms. The molecule has 0 atom stereocenters. The van der Waals surface area contributed by atoms with Crippen molar-refractivity contribution in [3.63, 3.8) is 0 Å². The van der Waals surface area contributed by atoms with Gasteiger partial charge in [-0.3, -0.25) is 23.5 Å². The fourth-order valence-electron chi connectivity index (χ4n) is 5.75. The van der Waals surface area contributed by atoms with Crippen LogP contribution in [0.4, 0.5) is 5.69 Å².